The Balaban J connectivity index is 2.21. The smallest absolute Gasteiger partial charge is 0.254 e. The molecule has 0 bridgehead atoms. The fraction of sp³-hybridized carbons (Fsp3) is 0.533. The Labute approximate surface area is 134 Å². The molecule has 1 aromatic rings. The van der Waals surface area contributed by atoms with E-state index in [1.807, 2.05) is 0 Å². The molecule has 2 rings (SSSR count). The summed E-state index contributed by atoms with van der Waals surface area (Å²) >= 11 is 0. The summed E-state index contributed by atoms with van der Waals surface area (Å²) in [7, 11) is -1.63. The Bertz CT molecular complexity index is 678. The molecular formula is C15H19F2NO4S. The van der Waals surface area contributed by atoms with Gasteiger partial charge in [-0.25, -0.2) is 17.2 Å². The normalized spacial score (nSPS) is 19.7. The van der Waals surface area contributed by atoms with E-state index in [4.69, 9.17) is 4.74 Å². The van der Waals surface area contributed by atoms with Crippen molar-refractivity contribution in [2.24, 2.45) is 0 Å². The lowest BCUT2D eigenvalue weighted by Crippen LogP contribution is -2.42. The van der Waals surface area contributed by atoms with Gasteiger partial charge in [0.1, 0.15) is 0 Å². The second-order valence-electron chi connectivity index (χ2n) is 5.53. The van der Waals surface area contributed by atoms with Crippen LogP contribution in [0.5, 0.6) is 0 Å². The summed E-state index contributed by atoms with van der Waals surface area (Å²) in [6.07, 6.45) is 0.882. The third-order valence-corrected chi connectivity index (χ3v) is 5.57. The number of carbonyl (C=O) groups is 1. The van der Waals surface area contributed by atoms with Crippen molar-refractivity contribution in [2.45, 2.75) is 18.9 Å². The summed E-state index contributed by atoms with van der Waals surface area (Å²) in [6, 6.07) is 2.48. The molecule has 5 nitrogen and oxygen atoms in total. The van der Waals surface area contributed by atoms with Crippen LogP contribution in [-0.4, -0.2) is 57.0 Å². The highest BCUT2D eigenvalue weighted by molar-refractivity contribution is 7.91. The molecule has 0 saturated carbocycles. The number of methoxy groups -OCH3 is 1. The minimum Gasteiger partial charge on any atom is -0.385 e. The molecule has 0 radical (unpaired) electrons. The first-order valence-electron chi connectivity index (χ1n) is 7.29. The number of ether oxygens (including phenoxy) is 1. The molecular weight excluding hydrogens is 328 g/mol. The zero-order valence-corrected chi connectivity index (χ0v) is 13.6. The Morgan fingerprint density at radius 1 is 1.35 bits per heavy atom. The van der Waals surface area contributed by atoms with Gasteiger partial charge < -0.3 is 9.64 Å². The fourth-order valence-corrected chi connectivity index (χ4v) is 4.38. The molecule has 8 heteroatoms. The molecule has 1 unspecified atom stereocenters. The van der Waals surface area contributed by atoms with Gasteiger partial charge in [-0.1, -0.05) is 0 Å². The molecule has 0 aromatic heterocycles. The number of carbonyl (C=O) groups excluding carboxylic acids is 1. The van der Waals surface area contributed by atoms with Crippen LogP contribution in [0.25, 0.3) is 0 Å². The Hall–Kier alpha value is -1.54. The van der Waals surface area contributed by atoms with Gasteiger partial charge in [0, 0.05) is 31.9 Å². The van der Waals surface area contributed by atoms with Crippen LogP contribution in [0, 0.1) is 11.6 Å². The second-order valence-corrected chi connectivity index (χ2v) is 7.76. The van der Waals surface area contributed by atoms with Gasteiger partial charge in [-0.3, -0.25) is 4.79 Å². The first-order valence-corrected chi connectivity index (χ1v) is 9.11. The SMILES string of the molecule is COCCCN(C(=O)c1ccc(F)c(F)c1)C1CCS(=O)(=O)C1. The highest BCUT2D eigenvalue weighted by Gasteiger charge is 2.34. The molecule has 23 heavy (non-hydrogen) atoms. The number of hydrogen-bond donors (Lipinski definition) is 0. The van der Waals surface area contributed by atoms with Crippen LogP contribution in [0.1, 0.15) is 23.2 Å². The van der Waals surface area contributed by atoms with Gasteiger partial charge in [0.2, 0.25) is 0 Å². The molecule has 0 aliphatic carbocycles. The number of sulfone groups is 1. The van der Waals surface area contributed by atoms with Gasteiger partial charge in [-0.2, -0.15) is 0 Å². The maximum atomic E-state index is 13.3. The molecule has 1 atom stereocenters. The van der Waals surface area contributed by atoms with Crippen molar-refractivity contribution < 1.29 is 26.7 Å². The van der Waals surface area contributed by atoms with Crippen LogP contribution in [0.15, 0.2) is 18.2 Å². The van der Waals surface area contributed by atoms with Crippen molar-refractivity contribution in [3.63, 3.8) is 0 Å². The number of benzene rings is 1. The quantitative estimate of drug-likeness (QED) is 0.734. The number of hydrogen-bond acceptors (Lipinski definition) is 4. The maximum Gasteiger partial charge on any atom is 0.254 e. The summed E-state index contributed by atoms with van der Waals surface area (Å²) in [4.78, 5) is 14.0. The largest absolute Gasteiger partial charge is 0.385 e. The second kappa shape index (κ2) is 7.35. The first kappa shape index (κ1) is 17.8. The van der Waals surface area contributed by atoms with Crippen LogP contribution in [0.4, 0.5) is 8.78 Å². The molecule has 0 spiro atoms. The summed E-state index contributed by atoms with van der Waals surface area (Å²) in [5.74, 6) is -2.71. The van der Waals surface area contributed by atoms with E-state index in [0.29, 0.717) is 26.0 Å². The zero-order valence-electron chi connectivity index (χ0n) is 12.8. The van der Waals surface area contributed by atoms with Gasteiger partial charge in [0.25, 0.3) is 5.91 Å². The number of halogens is 2. The molecule has 1 saturated heterocycles. The fourth-order valence-electron chi connectivity index (χ4n) is 2.65. The van der Waals surface area contributed by atoms with Gasteiger partial charge in [0.05, 0.1) is 11.5 Å². The lowest BCUT2D eigenvalue weighted by atomic mass is 10.1. The van der Waals surface area contributed by atoms with Crippen molar-refractivity contribution in [1.82, 2.24) is 4.90 Å². The van der Waals surface area contributed by atoms with E-state index < -0.39 is 33.4 Å². The average Bonchev–Trinajstić information content (AvgIpc) is 2.86. The van der Waals surface area contributed by atoms with Crippen molar-refractivity contribution in [1.29, 1.82) is 0 Å². The number of amides is 1. The van der Waals surface area contributed by atoms with Crippen LogP contribution in [0.2, 0.25) is 0 Å². The summed E-state index contributed by atoms with van der Waals surface area (Å²) in [5.41, 5.74) is 0.00520. The third kappa shape index (κ3) is 4.48. The van der Waals surface area contributed by atoms with E-state index in [2.05, 4.69) is 0 Å². The van der Waals surface area contributed by atoms with E-state index in [1.54, 1.807) is 0 Å². The van der Waals surface area contributed by atoms with Gasteiger partial charge >= 0.3 is 0 Å². The molecule has 1 heterocycles. The Morgan fingerprint density at radius 2 is 2.09 bits per heavy atom. The molecule has 1 aromatic carbocycles. The van der Waals surface area contributed by atoms with Gasteiger partial charge in [0.15, 0.2) is 21.5 Å². The lowest BCUT2D eigenvalue weighted by Gasteiger charge is -2.28. The predicted octanol–water partition coefficient (Wildman–Crippen LogP) is 1.63. The van der Waals surface area contributed by atoms with E-state index in [0.717, 1.165) is 12.1 Å². The van der Waals surface area contributed by atoms with Crippen molar-refractivity contribution in [3.8, 4) is 0 Å². The first-order chi connectivity index (χ1) is 10.8. The summed E-state index contributed by atoms with van der Waals surface area (Å²) in [5, 5.41) is 0. The topological polar surface area (TPSA) is 63.7 Å². The summed E-state index contributed by atoms with van der Waals surface area (Å²) < 4.78 is 54.6. The molecule has 1 aliphatic heterocycles. The van der Waals surface area contributed by atoms with E-state index in [-0.39, 0.29) is 17.1 Å². The van der Waals surface area contributed by atoms with Crippen molar-refractivity contribution >= 4 is 15.7 Å². The minimum atomic E-state index is -3.16. The number of nitrogens with zero attached hydrogens (tertiary/aromatic N) is 1. The molecule has 1 amide bonds. The molecule has 1 aliphatic rings. The third-order valence-electron chi connectivity index (χ3n) is 3.82. The average molecular weight is 347 g/mol. The molecule has 128 valence electrons. The molecule has 0 N–H and O–H groups in total. The van der Waals surface area contributed by atoms with Gasteiger partial charge in [-0.05, 0) is 31.0 Å². The Kier molecular flexibility index (Phi) is 5.69. The standard InChI is InChI=1S/C15H19F2NO4S/c1-22-7-2-6-18(12-5-8-23(20,21)10-12)15(19)11-3-4-13(16)14(17)9-11/h3-4,9,12H,2,5-8,10H2,1H3. The van der Waals surface area contributed by atoms with Crippen molar-refractivity contribution in [3.05, 3.63) is 35.4 Å². The zero-order chi connectivity index (χ0) is 17.0. The van der Waals surface area contributed by atoms with Crippen LogP contribution in [-0.2, 0) is 14.6 Å². The van der Waals surface area contributed by atoms with Crippen LogP contribution < -0.4 is 0 Å². The van der Waals surface area contributed by atoms with Gasteiger partial charge in [-0.15, -0.1) is 0 Å². The lowest BCUT2D eigenvalue weighted by molar-refractivity contribution is 0.0674. The number of rotatable bonds is 6. The minimum absolute atomic E-state index is 0.00520. The monoisotopic (exact) mass is 347 g/mol. The highest BCUT2D eigenvalue weighted by Crippen LogP contribution is 2.21. The Morgan fingerprint density at radius 3 is 2.65 bits per heavy atom. The van der Waals surface area contributed by atoms with Crippen LogP contribution in [0.3, 0.4) is 0 Å². The van der Waals surface area contributed by atoms with Crippen molar-refractivity contribution in [2.75, 3.05) is 31.8 Å². The van der Waals surface area contributed by atoms with E-state index >= 15 is 0 Å². The maximum absolute atomic E-state index is 13.3. The predicted molar refractivity (Wildman–Crippen MR) is 80.9 cm³/mol. The highest BCUT2D eigenvalue weighted by atomic mass is 32.2. The van der Waals surface area contributed by atoms with Crippen LogP contribution >= 0.6 is 0 Å². The van der Waals surface area contributed by atoms with E-state index in [9.17, 15) is 22.0 Å². The summed E-state index contributed by atoms with van der Waals surface area (Å²) in [6.45, 7) is 0.715. The molecule has 1 fully saturated rings. The van der Waals surface area contributed by atoms with E-state index in [1.165, 1.54) is 18.1 Å².